The Bertz CT molecular complexity index is 946. The Hall–Kier alpha value is -2.39. The number of nitrogens with zero attached hydrogens (tertiary/aromatic N) is 2. The molecule has 0 aromatic carbocycles. The van der Waals surface area contributed by atoms with E-state index in [4.69, 9.17) is 21.4 Å². The molecular formula is C21H25N3O4S2. The van der Waals surface area contributed by atoms with Gasteiger partial charge in [0.25, 0.3) is 5.91 Å². The second-order valence-electron chi connectivity index (χ2n) is 7.73. The average molecular weight is 448 g/mol. The van der Waals surface area contributed by atoms with Crippen LogP contribution in [0.15, 0.2) is 22.8 Å². The quantitative estimate of drug-likeness (QED) is 0.571. The third-order valence-electron chi connectivity index (χ3n) is 5.71. The average Bonchev–Trinajstić information content (AvgIpc) is 3.40. The van der Waals surface area contributed by atoms with Crippen LogP contribution in [0.5, 0.6) is 0 Å². The van der Waals surface area contributed by atoms with Crippen molar-refractivity contribution in [3.63, 3.8) is 0 Å². The van der Waals surface area contributed by atoms with Gasteiger partial charge in [0, 0.05) is 31.1 Å². The monoisotopic (exact) mass is 447 g/mol. The maximum atomic E-state index is 12.5. The highest BCUT2D eigenvalue weighted by Crippen LogP contribution is 2.40. The molecular weight excluding hydrogens is 422 g/mol. The number of anilines is 1. The summed E-state index contributed by atoms with van der Waals surface area (Å²) in [4.78, 5) is 29.9. The van der Waals surface area contributed by atoms with Gasteiger partial charge in [0.05, 0.1) is 18.9 Å². The van der Waals surface area contributed by atoms with E-state index < -0.39 is 0 Å². The standard InChI is InChI=1S/C21H25N3O4S2/c1-13-5-6-14-16(12-13)30-18(17(14)20(26)27-2)22-21(29)24-9-7-23(8-10-24)19(25)15-4-3-11-28-15/h3-4,11,13H,5-10,12H2,1-2H3,(H,22,29). The van der Waals surface area contributed by atoms with Crippen molar-refractivity contribution in [3.8, 4) is 0 Å². The molecule has 0 radical (unpaired) electrons. The predicted octanol–water partition coefficient (Wildman–Crippen LogP) is 3.41. The third kappa shape index (κ3) is 4.09. The van der Waals surface area contributed by atoms with Crippen molar-refractivity contribution in [1.29, 1.82) is 0 Å². The molecule has 7 nitrogen and oxygen atoms in total. The Labute approximate surface area is 185 Å². The minimum Gasteiger partial charge on any atom is -0.465 e. The Morgan fingerprint density at radius 2 is 2.00 bits per heavy atom. The number of hydrogen-bond acceptors (Lipinski definition) is 6. The molecule has 1 amide bonds. The van der Waals surface area contributed by atoms with E-state index in [1.165, 1.54) is 18.3 Å². The van der Waals surface area contributed by atoms with E-state index in [1.54, 1.807) is 28.4 Å². The minimum atomic E-state index is -0.318. The molecule has 160 valence electrons. The van der Waals surface area contributed by atoms with Crippen LogP contribution >= 0.6 is 23.6 Å². The van der Waals surface area contributed by atoms with Crippen molar-refractivity contribution in [2.24, 2.45) is 5.92 Å². The molecule has 1 fully saturated rings. The molecule has 30 heavy (non-hydrogen) atoms. The molecule has 1 unspecified atom stereocenters. The molecule has 0 spiro atoms. The highest BCUT2D eigenvalue weighted by atomic mass is 32.1. The molecule has 1 N–H and O–H groups in total. The molecule has 1 aliphatic carbocycles. The molecule has 9 heteroatoms. The van der Waals surface area contributed by atoms with E-state index in [0.717, 1.165) is 29.8 Å². The molecule has 0 saturated carbocycles. The van der Waals surface area contributed by atoms with Crippen LogP contribution in [-0.4, -0.2) is 60.1 Å². The second kappa shape index (κ2) is 8.77. The van der Waals surface area contributed by atoms with E-state index >= 15 is 0 Å². The van der Waals surface area contributed by atoms with E-state index in [9.17, 15) is 9.59 Å². The number of carbonyl (C=O) groups excluding carboxylic acids is 2. The summed E-state index contributed by atoms with van der Waals surface area (Å²) in [7, 11) is 1.41. The van der Waals surface area contributed by atoms with Crippen LogP contribution in [0.1, 0.15) is 44.7 Å². The lowest BCUT2D eigenvalue weighted by atomic mass is 9.88. The summed E-state index contributed by atoms with van der Waals surface area (Å²) in [5.74, 6) is 0.541. The number of methoxy groups -OCH3 is 1. The van der Waals surface area contributed by atoms with Gasteiger partial charge in [-0.2, -0.15) is 0 Å². The van der Waals surface area contributed by atoms with Gasteiger partial charge in [0.2, 0.25) is 0 Å². The van der Waals surface area contributed by atoms with Crippen molar-refractivity contribution in [2.75, 3.05) is 38.6 Å². The van der Waals surface area contributed by atoms with Gasteiger partial charge in [-0.05, 0) is 55.1 Å². The summed E-state index contributed by atoms with van der Waals surface area (Å²) in [5, 5.41) is 4.62. The van der Waals surface area contributed by atoms with Crippen LogP contribution in [0.25, 0.3) is 0 Å². The molecule has 1 atom stereocenters. The van der Waals surface area contributed by atoms with Crippen LogP contribution in [-0.2, 0) is 17.6 Å². The molecule has 0 bridgehead atoms. The highest BCUT2D eigenvalue weighted by Gasteiger charge is 2.30. The first-order chi connectivity index (χ1) is 14.5. The number of rotatable bonds is 3. The summed E-state index contributed by atoms with van der Waals surface area (Å²) in [5.41, 5.74) is 1.72. The fraction of sp³-hybridized carbons (Fsp3) is 0.476. The van der Waals surface area contributed by atoms with Crippen LogP contribution in [0.4, 0.5) is 5.00 Å². The summed E-state index contributed by atoms with van der Waals surface area (Å²) < 4.78 is 10.3. The molecule has 2 aromatic rings. The second-order valence-corrected chi connectivity index (χ2v) is 9.23. The Morgan fingerprint density at radius 3 is 2.67 bits per heavy atom. The number of ether oxygens (including phenoxy) is 1. The number of furan rings is 1. The number of thiocarbonyl (C=S) groups is 1. The predicted molar refractivity (Wildman–Crippen MR) is 119 cm³/mol. The molecule has 1 aliphatic heterocycles. The van der Waals surface area contributed by atoms with Gasteiger partial charge < -0.3 is 24.3 Å². The lowest BCUT2D eigenvalue weighted by Gasteiger charge is -2.35. The maximum absolute atomic E-state index is 12.5. The molecule has 4 rings (SSSR count). The largest absolute Gasteiger partial charge is 0.465 e. The van der Waals surface area contributed by atoms with E-state index in [-0.39, 0.29) is 11.9 Å². The van der Waals surface area contributed by atoms with Gasteiger partial charge in [-0.15, -0.1) is 11.3 Å². The number of nitrogens with one attached hydrogen (secondary N) is 1. The number of hydrogen-bond donors (Lipinski definition) is 1. The normalized spacial score (nSPS) is 18.7. The lowest BCUT2D eigenvalue weighted by Crippen LogP contribution is -2.51. The Kier molecular flexibility index (Phi) is 6.10. The number of piperazine rings is 1. The number of amides is 1. The Morgan fingerprint density at radius 1 is 1.27 bits per heavy atom. The fourth-order valence-corrected chi connectivity index (χ4v) is 5.75. The van der Waals surface area contributed by atoms with Gasteiger partial charge in [0.15, 0.2) is 10.9 Å². The first kappa shape index (κ1) is 20.9. The zero-order valence-electron chi connectivity index (χ0n) is 17.1. The summed E-state index contributed by atoms with van der Waals surface area (Å²) in [6.07, 6.45) is 4.44. The molecule has 2 aliphatic rings. The van der Waals surface area contributed by atoms with Crippen molar-refractivity contribution in [2.45, 2.75) is 26.2 Å². The third-order valence-corrected chi connectivity index (χ3v) is 7.24. The van der Waals surface area contributed by atoms with E-state index in [0.29, 0.717) is 48.5 Å². The minimum absolute atomic E-state index is 0.105. The Balaban J connectivity index is 1.43. The van der Waals surface area contributed by atoms with Crippen molar-refractivity contribution in [1.82, 2.24) is 9.80 Å². The van der Waals surface area contributed by atoms with Gasteiger partial charge in [-0.3, -0.25) is 4.79 Å². The number of fused-ring (bicyclic) bond motifs is 1. The SMILES string of the molecule is COC(=O)c1c(NC(=S)N2CCN(C(=O)c3ccco3)CC2)sc2c1CCC(C)C2. The smallest absolute Gasteiger partial charge is 0.341 e. The summed E-state index contributed by atoms with van der Waals surface area (Å²) in [6.45, 7) is 4.59. The lowest BCUT2D eigenvalue weighted by molar-refractivity contribution is 0.0599. The van der Waals surface area contributed by atoms with Crippen LogP contribution in [0.2, 0.25) is 0 Å². The van der Waals surface area contributed by atoms with E-state index in [1.807, 2.05) is 4.90 Å². The van der Waals surface area contributed by atoms with Crippen molar-refractivity contribution in [3.05, 3.63) is 40.2 Å². The van der Waals surface area contributed by atoms with Gasteiger partial charge in [0.1, 0.15) is 5.00 Å². The van der Waals surface area contributed by atoms with Crippen LogP contribution in [0.3, 0.4) is 0 Å². The number of esters is 1. The van der Waals surface area contributed by atoms with Gasteiger partial charge in [-0.25, -0.2) is 4.79 Å². The molecule has 3 heterocycles. The molecule has 2 aromatic heterocycles. The van der Waals surface area contributed by atoms with Crippen LogP contribution in [0, 0.1) is 5.92 Å². The fourth-order valence-electron chi connectivity index (χ4n) is 4.00. The van der Waals surface area contributed by atoms with Gasteiger partial charge in [-0.1, -0.05) is 6.92 Å². The highest BCUT2D eigenvalue weighted by molar-refractivity contribution is 7.80. The van der Waals surface area contributed by atoms with Crippen molar-refractivity contribution >= 4 is 45.5 Å². The zero-order chi connectivity index (χ0) is 21.3. The van der Waals surface area contributed by atoms with E-state index in [2.05, 4.69) is 12.2 Å². The number of carbonyl (C=O) groups is 2. The van der Waals surface area contributed by atoms with Crippen molar-refractivity contribution < 1.29 is 18.7 Å². The summed E-state index contributed by atoms with van der Waals surface area (Å²) >= 11 is 7.24. The first-order valence-corrected chi connectivity index (χ1v) is 11.3. The van der Waals surface area contributed by atoms with Crippen LogP contribution < -0.4 is 5.32 Å². The maximum Gasteiger partial charge on any atom is 0.341 e. The summed E-state index contributed by atoms with van der Waals surface area (Å²) in [6, 6.07) is 3.39. The number of thiophene rings is 1. The zero-order valence-corrected chi connectivity index (χ0v) is 18.7. The van der Waals surface area contributed by atoms with Gasteiger partial charge >= 0.3 is 5.97 Å². The topological polar surface area (TPSA) is 75.0 Å². The first-order valence-electron chi connectivity index (χ1n) is 10.1. The molecule has 1 saturated heterocycles.